The summed E-state index contributed by atoms with van der Waals surface area (Å²) in [5.41, 5.74) is 2.61. The lowest BCUT2D eigenvalue weighted by Crippen LogP contribution is -2.32. The summed E-state index contributed by atoms with van der Waals surface area (Å²) < 4.78 is 21.9. The maximum absolute atomic E-state index is 12.9. The number of benzene rings is 2. The standard InChI is InChI=1S/C33H43N3O8/c1-23-29(32(37)41-4)31(30(24(2)34-23)33(38)42-5)27-21-26(36(39)40)15-16-28(27)44-20-12-11-19-43-18-10-9-17-35(3)22-25-13-7-6-8-14-25/h6-8,13-16,21,31,34H,9-12,17-20,22H2,1-5H3. The summed E-state index contributed by atoms with van der Waals surface area (Å²) in [5, 5.41) is 14.7. The van der Waals surface area contributed by atoms with Gasteiger partial charge >= 0.3 is 11.9 Å². The number of unbranched alkanes of at least 4 members (excludes halogenated alkanes) is 2. The van der Waals surface area contributed by atoms with Gasteiger partial charge in [0.25, 0.3) is 5.69 Å². The first-order chi connectivity index (χ1) is 21.2. The van der Waals surface area contributed by atoms with E-state index in [0.717, 1.165) is 32.4 Å². The molecule has 0 radical (unpaired) electrons. The third-order valence-corrected chi connectivity index (χ3v) is 7.40. The van der Waals surface area contributed by atoms with E-state index >= 15 is 0 Å². The zero-order valence-corrected chi connectivity index (χ0v) is 26.2. The summed E-state index contributed by atoms with van der Waals surface area (Å²) in [4.78, 5) is 39.3. The molecule has 0 saturated heterocycles. The highest BCUT2D eigenvalue weighted by Gasteiger charge is 2.39. The lowest BCUT2D eigenvalue weighted by Gasteiger charge is -2.30. The number of dihydropyridines is 1. The molecule has 2 aromatic carbocycles. The molecule has 11 nitrogen and oxygen atoms in total. The fourth-order valence-electron chi connectivity index (χ4n) is 5.22. The van der Waals surface area contributed by atoms with Crippen LogP contribution >= 0.6 is 0 Å². The largest absolute Gasteiger partial charge is 0.493 e. The van der Waals surface area contributed by atoms with Gasteiger partial charge in [-0.25, -0.2) is 9.59 Å². The van der Waals surface area contributed by atoms with Crippen LogP contribution in [0.3, 0.4) is 0 Å². The summed E-state index contributed by atoms with van der Waals surface area (Å²) in [5.74, 6) is -2.02. The van der Waals surface area contributed by atoms with E-state index in [0.29, 0.717) is 48.9 Å². The third-order valence-electron chi connectivity index (χ3n) is 7.40. The van der Waals surface area contributed by atoms with Crippen LogP contribution < -0.4 is 10.1 Å². The molecule has 0 aromatic heterocycles. The van der Waals surface area contributed by atoms with Crippen molar-refractivity contribution in [2.24, 2.45) is 0 Å². The number of carbonyl (C=O) groups is 2. The molecular formula is C33H43N3O8. The number of carbonyl (C=O) groups excluding carboxylic acids is 2. The Morgan fingerprint density at radius 1 is 0.886 bits per heavy atom. The van der Waals surface area contributed by atoms with Gasteiger partial charge in [-0.3, -0.25) is 10.1 Å². The molecule has 0 saturated carbocycles. The Bertz CT molecular complexity index is 1320. The van der Waals surface area contributed by atoms with Crippen LogP contribution in [0.2, 0.25) is 0 Å². The quantitative estimate of drug-likeness (QED) is 0.110. The van der Waals surface area contributed by atoms with E-state index in [2.05, 4.69) is 41.5 Å². The molecular weight excluding hydrogens is 566 g/mol. The molecule has 44 heavy (non-hydrogen) atoms. The van der Waals surface area contributed by atoms with Crippen molar-refractivity contribution < 1.29 is 33.5 Å². The molecule has 3 rings (SSSR count). The smallest absolute Gasteiger partial charge is 0.336 e. The summed E-state index contributed by atoms with van der Waals surface area (Å²) >= 11 is 0. The molecule has 0 atom stereocenters. The fraction of sp³-hybridized carbons (Fsp3) is 0.455. The number of allylic oxidation sites excluding steroid dienone is 2. The average molecular weight is 610 g/mol. The number of nitrogens with zero attached hydrogens (tertiary/aromatic N) is 2. The molecule has 0 aliphatic carbocycles. The first-order valence-electron chi connectivity index (χ1n) is 14.7. The maximum atomic E-state index is 12.9. The van der Waals surface area contributed by atoms with Crippen molar-refractivity contribution >= 4 is 17.6 Å². The van der Waals surface area contributed by atoms with Crippen LogP contribution in [0.1, 0.15) is 56.6 Å². The zero-order valence-electron chi connectivity index (χ0n) is 26.2. The van der Waals surface area contributed by atoms with Crippen molar-refractivity contribution in [1.82, 2.24) is 10.2 Å². The molecule has 0 bridgehead atoms. The van der Waals surface area contributed by atoms with E-state index < -0.39 is 22.8 Å². The number of hydrogen-bond acceptors (Lipinski definition) is 10. The van der Waals surface area contributed by atoms with Gasteiger partial charge in [0.1, 0.15) is 5.75 Å². The summed E-state index contributed by atoms with van der Waals surface area (Å²) in [7, 11) is 4.59. The Labute approximate surface area is 259 Å². The van der Waals surface area contributed by atoms with Gasteiger partial charge < -0.3 is 29.2 Å². The van der Waals surface area contributed by atoms with Crippen molar-refractivity contribution in [3.8, 4) is 5.75 Å². The van der Waals surface area contributed by atoms with Gasteiger partial charge in [-0.1, -0.05) is 30.3 Å². The number of rotatable bonds is 17. The van der Waals surface area contributed by atoms with E-state index in [4.69, 9.17) is 18.9 Å². The van der Waals surface area contributed by atoms with Gasteiger partial charge in [-0.15, -0.1) is 0 Å². The van der Waals surface area contributed by atoms with Crippen molar-refractivity contribution in [3.05, 3.63) is 92.3 Å². The minimum absolute atomic E-state index is 0.142. The number of nitrogens with one attached hydrogen (secondary N) is 1. The number of nitro benzene ring substituents is 1. The number of nitro groups is 1. The molecule has 11 heteroatoms. The average Bonchev–Trinajstić information content (AvgIpc) is 3.01. The van der Waals surface area contributed by atoms with Gasteiger partial charge in [-0.05, 0) is 64.8 Å². The van der Waals surface area contributed by atoms with Crippen LogP contribution in [0, 0.1) is 10.1 Å². The molecule has 0 fully saturated rings. The van der Waals surface area contributed by atoms with Crippen molar-refractivity contribution in [2.45, 2.75) is 52.0 Å². The Kier molecular flexibility index (Phi) is 13.4. The van der Waals surface area contributed by atoms with E-state index in [1.165, 1.54) is 38.0 Å². The normalized spacial score (nSPS) is 13.6. The number of ether oxygens (including phenoxy) is 4. The van der Waals surface area contributed by atoms with Crippen LogP contribution in [-0.4, -0.2) is 69.4 Å². The zero-order chi connectivity index (χ0) is 32.1. The van der Waals surface area contributed by atoms with Gasteiger partial charge in [0, 0.05) is 48.8 Å². The molecule has 1 N–H and O–H groups in total. The number of hydrogen-bond donors (Lipinski definition) is 1. The molecule has 0 amide bonds. The van der Waals surface area contributed by atoms with Gasteiger partial charge in [0.15, 0.2) is 0 Å². The molecule has 0 unspecified atom stereocenters. The highest BCUT2D eigenvalue weighted by Crippen LogP contribution is 2.44. The summed E-state index contributed by atoms with van der Waals surface area (Å²) in [6.07, 6.45) is 3.47. The highest BCUT2D eigenvalue weighted by molar-refractivity contribution is 6.00. The van der Waals surface area contributed by atoms with Crippen LogP contribution in [0.25, 0.3) is 0 Å². The predicted molar refractivity (Wildman–Crippen MR) is 166 cm³/mol. The van der Waals surface area contributed by atoms with Crippen molar-refractivity contribution in [3.63, 3.8) is 0 Å². The van der Waals surface area contributed by atoms with E-state index in [9.17, 15) is 19.7 Å². The molecule has 1 aliphatic rings. The number of esters is 2. The molecule has 1 heterocycles. The van der Waals surface area contributed by atoms with Crippen LogP contribution in [0.4, 0.5) is 5.69 Å². The number of non-ortho nitro benzene ring substituents is 1. The topological polar surface area (TPSA) is 129 Å². The van der Waals surface area contributed by atoms with Crippen molar-refractivity contribution in [1.29, 1.82) is 0 Å². The lowest BCUT2D eigenvalue weighted by atomic mass is 9.80. The first-order valence-corrected chi connectivity index (χ1v) is 14.7. The van der Waals surface area contributed by atoms with E-state index in [-0.39, 0.29) is 16.8 Å². The number of methoxy groups -OCH3 is 2. The Balaban J connectivity index is 1.58. The van der Waals surface area contributed by atoms with E-state index in [1.807, 2.05) is 6.07 Å². The first kappa shape index (κ1) is 34.3. The molecule has 2 aromatic rings. The summed E-state index contributed by atoms with van der Waals surface area (Å²) in [6, 6.07) is 14.6. The van der Waals surface area contributed by atoms with E-state index in [1.54, 1.807) is 13.8 Å². The van der Waals surface area contributed by atoms with Crippen LogP contribution in [0.15, 0.2) is 71.1 Å². The van der Waals surface area contributed by atoms with Gasteiger partial charge in [-0.2, -0.15) is 0 Å². The SMILES string of the molecule is COC(=O)C1=C(C)NC(C)=C(C(=O)OC)C1c1cc([N+](=O)[O-])ccc1OCCCCOCCCCN(C)Cc1ccccc1. The third kappa shape index (κ3) is 9.39. The maximum Gasteiger partial charge on any atom is 0.336 e. The molecule has 0 spiro atoms. The molecule has 238 valence electrons. The van der Waals surface area contributed by atoms with Crippen molar-refractivity contribution in [2.75, 3.05) is 47.6 Å². The highest BCUT2D eigenvalue weighted by atomic mass is 16.6. The Hall–Kier alpha value is -4.22. The minimum Gasteiger partial charge on any atom is -0.493 e. The molecule has 1 aliphatic heterocycles. The fourth-order valence-corrected chi connectivity index (χ4v) is 5.22. The Morgan fingerprint density at radius 2 is 1.48 bits per heavy atom. The second-order valence-corrected chi connectivity index (χ2v) is 10.7. The van der Waals surface area contributed by atoms with Gasteiger partial charge in [0.2, 0.25) is 0 Å². The van der Waals surface area contributed by atoms with Crippen LogP contribution in [0.5, 0.6) is 5.75 Å². The van der Waals surface area contributed by atoms with Gasteiger partial charge in [0.05, 0.1) is 42.8 Å². The second kappa shape index (κ2) is 17.2. The monoisotopic (exact) mass is 609 g/mol. The predicted octanol–water partition coefficient (Wildman–Crippen LogP) is 5.26. The lowest BCUT2D eigenvalue weighted by molar-refractivity contribution is -0.384. The minimum atomic E-state index is -0.999. The van der Waals surface area contributed by atoms with Crippen LogP contribution in [-0.2, 0) is 30.3 Å². The second-order valence-electron chi connectivity index (χ2n) is 10.7. The summed E-state index contributed by atoms with van der Waals surface area (Å²) in [6.45, 7) is 6.88. The Morgan fingerprint density at radius 3 is 2.07 bits per heavy atom.